The van der Waals surface area contributed by atoms with Crippen LogP contribution in [0.15, 0.2) is 54.1 Å². The van der Waals surface area contributed by atoms with Crippen molar-refractivity contribution in [3.63, 3.8) is 0 Å². The lowest BCUT2D eigenvalue weighted by Crippen LogP contribution is -2.54. The van der Waals surface area contributed by atoms with Crippen LogP contribution in [0.2, 0.25) is 5.02 Å². The summed E-state index contributed by atoms with van der Waals surface area (Å²) in [5.74, 6) is 1.44. The van der Waals surface area contributed by atoms with Crippen molar-refractivity contribution in [1.82, 2.24) is 5.32 Å². The molecule has 4 amide bonds. The molecule has 1 aliphatic heterocycles. The minimum Gasteiger partial charge on any atom is -0.481 e. The number of anilines is 1. The number of urea groups is 1. The van der Waals surface area contributed by atoms with Crippen molar-refractivity contribution in [3.8, 4) is 18.1 Å². The Hall–Kier alpha value is -3.56. The number of barbiturate groups is 1. The molecule has 0 atom stereocenters. The van der Waals surface area contributed by atoms with E-state index in [-0.39, 0.29) is 12.2 Å². The van der Waals surface area contributed by atoms with E-state index in [1.54, 1.807) is 36.4 Å². The fourth-order valence-corrected chi connectivity index (χ4v) is 2.56. The molecule has 0 bridgehead atoms. The average molecular weight is 381 g/mol. The second kappa shape index (κ2) is 7.77. The molecular weight excluding hydrogens is 368 g/mol. The van der Waals surface area contributed by atoms with E-state index < -0.39 is 17.8 Å². The average Bonchev–Trinajstić information content (AvgIpc) is 2.66. The van der Waals surface area contributed by atoms with Crippen molar-refractivity contribution < 1.29 is 19.1 Å². The molecule has 1 aliphatic rings. The lowest BCUT2D eigenvalue weighted by Gasteiger charge is -2.26. The number of halogens is 1. The number of nitrogens with zero attached hydrogens (tertiary/aromatic N) is 1. The number of carbonyl (C=O) groups excluding carboxylic acids is 3. The van der Waals surface area contributed by atoms with E-state index in [1.165, 1.54) is 18.2 Å². The van der Waals surface area contributed by atoms with Gasteiger partial charge in [0.2, 0.25) is 0 Å². The van der Waals surface area contributed by atoms with Gasteiger partial charge in [-0.2, -0.15) is 0 Å². The number of benzene rings is 2. The Kier molecular flexibility index (Phi) is 5.25. The highest BCUT2D eigenvalue weighted by Crippen LogP contribution is 2.24. The van der Waals surface area contributed by atoms with Crippen molar-refractivity contribution in [2.45, 2.75) is 0 Å². The van der Waals surface area contributed by atoms with E-state index in [0.29, 0.717) is 22.0 Å². The first-order valence-electron chi connectivity index (χ1n) is 7.83. The summed E-state index contributed by atoms with van der Waals surface area (Å²) in [4.78, 5) is 37.9. The summed E-state index contributed by atoms with van der Waals surface area (Å²) in [7, 11) is 0. The first-order valence-corrected chi connectivity index (χ1v) is 8.21. The van der Waals surface area contributed by atoms with Gasteiger partial charge in [0.15, 0.2) is 0 Å². The molecule has 6 nitrogen and oxygen atoms in total. The second-order valence-electron chi connectivity index (χ2n) is 5.50. The second-order valence-corrected chi connectivity index (χ2v) is 5.93. The molecule has 27 heavy (non-hydrogen) atoms. The molecule has 2 aromatic carbocycles. The number of hydrogen-bond donors (Lipinski definition) is 1. The monoisotopic (exact) mass is 380 g/mol. The summed E-state index contributed by atoms with van der Waals surface area (Å²) in [6.07, 6.45) is 6.54. The van der Waals surface area contributed by atoms with Crippen LogP contribution >= 0.6 is 11.6 Å². The molecule has 0 aliphatic carbocycles. The fraction of sp³-hybridized carbons (Fsp3) is 0.0500. The minimum atomic E-state index is -0.817. The van der Waals surface area contributed by atoms with Crippen LogP contribution in [0, 0.1) is 12.3 Å². The van der Waals surface area contributed by atoms with Crippen LogP contribution in [-0.2, 0) is 9.59 Å². The lowest BCUT2D eigenvalue weighted by atomic mass is 10.1. The molecule has 0 radical (unpaired) electrons. The Labute approximate surface area is 160 Å². The van der Waals surface area contributed by atoms with Crippen LogP contribution in [-0.4, -0.2) is 24.5 Å². The van der Waals surface area contributed by atoms with Crippen LogP contribution in [0.3, 0.4) is 0 Å². The summed E-state index contributed by atoms with van der Waals surface area (Å²) in [5.41, 5.74) is 0.729. The highest BCUT2D eigenvalue weighted by atomic mass is 35.5. The van der Waals surface area contributed by atoms with E-state index >= 15 is 0 Å². The molecule has 0 saturated carbocycles. The maximum Gasteiger partial charge on any atom is 0.335 e. The number of terminal acetylenes is 1. The quantitative estimate of drug-likeness (QED) is 0.502. The summed E-state index contributed by atoms with van der Waals surface area (Å²) in [6, 6.07) is 12.0. The highest BCUT2D eigenvalue weighted by Gasteiger charge is 2.36. The molecule has 1 saturated heterocycles. The first kappa shape index (κ1) is 18.2. The van der Waals surface area contributed by atoms with Crippen molar-refractivity contribution in [1.29, 1.82) is 0 Å². The third-order valence-electron chi connectivity index (χ3n) is 3.70. The van der Waals surface area contributed by atoms with Crippen LogP contribution in [0.4, 0.5) is 10.5 Å². The van der Waals surface area contributed by atoms with Crippen LogP contribution in [0.1, 0.15) is 5.56 Å². The zero-order valence-electron chi connectivity index (χ0n) is 13.9. The number of imide groups is 2. The molecule has 0 unspecified atom stereocenters. The van der Waals surface area contributed by atoms with Crippen molar-refractivity contribution in [2.24, 2.45) is 0 Å². The molecule has 7 heteroatoms. The largest absolute Gasteiger partial charge is 0.481 e. The SMILES string of the molecule is C#CCOc1ccc(/C=C2/C(=O)NC(=O)N(c3ccc(Cl)cc3)C2=O)cc1. The van der Waals surface area contributed by atoms with Gasteiger partial charge in [-0.05, 0) is 48.0 Å². The Balaban J connectivity index is 1.89. The number of rotatable bonds is 4. The number of hydrogen-bond acceptors (Lipinski definition) is 4. The predicted molar refractivity (Wildman–Crippen MR) is 101 cm³/mol. The third-order valence-corrected chi connectivity index (χ3v) is 3.95. The summed E-state index contributed by atoms with van der Waals surface area (Å²) >= 11 is 5.84. The van der Waals surface area contributed by atoms with E-state index in [4.69, 9.17) is 22.8 Å². The number of carbonyl (C=O) groups is 3. The van der Waals surface area contributed by atoms with Crippen molar-refractivity contribution in [3.05, 3.63) is 64.7 Å². The van der Waals surface area contributed by atoms with Gasteiger partial charge in [0, 0.05) is 5.02 Å². The van der Waals surface area contributed by atoms with Gasteiger partial charge < -0.3 is 4.74 Å². The standard InChI is InChI=1S/C20H13ClN2O4/c1-2-11-27-16-9-3-13(4-10-16)12-17-18(24)22-20(26)23(19(17)25)15-7-5-14(21)6-8-15/h1,3-10,12H,11H2,(H,22,24,26)/b17-12-. The molecule has 1 heterocycles. The Morgan fingerprint density at radius 2 is 1.74 bits per heavy atom. The summed E-state index contributed by atoms with van der Waals surface area (Å²) in [5, 5.41) is 2.62. The molecule has 0 spiro atoms. The van der Waals surface area contributed by atoms with Gasteiger partial charge in [0.25, 0.3) is 11.8 Å². The van der Waals surface area contributed by atoms with E-state index in [1.807, 2.05) is 0 Å². The van der Waals surface area contributed by atoms with Crippen LogP contribution < -0.4 is 15.0 Å². The van der Waals surface area contributed by atoms with E-state index in [2.05, 4.69) is 11.2 Å². The van der Waals surface area contributed by atoms with Crippen LogP contribution in [0.25, 0.3) is 6.08 Å². The first-order chi connectivity index (χ1) is 13.0. The Morgan fingerprint density at radius 3 is 2.37 bits per heavy atom. The summed E-state index contributed by atoms with van der Waals surface area (Å²) in [6.45, 7) is 0.138. The van der Waals surface area contributed by atoms with Crippen molar-refractivity contribution in [2.75, 3.05) is 11.5 Å². The number of amides is 4. The van der Waals surface area contributed by atoms with Gasteiger partial charge in [0.1, 0.15) is 17.9 Å². The fourth-order valence-electron chi connectivity index (χ4n) is 2.43. The number of nitrogens with one attached hydrogen (secondary N) is 1. The Morgan fingerprint density at radius 1 is 1.07 bits per heavy atom. The molecule has 0 aromatic heterocycles. The zero-order chi connectivity index (χ0) is 19.4. The maximum absolute atomic E-state index is 12.7. The number of ether oxygens (including phenoxy) is 1. The normalized spacial score (nSPS) is 15.5. The molecule has 1 fully saturated rings. The lowest BCUT2D eigenvalue weighted by molar-refractivity contribution is -0.122. The third kappa shape index (κ3) is 4.00. The van der Waals surface area contributed by atoms with Gasteiger partial charge in [-0.25, -0.2) is 9.69 Å². The van der Waals surface area contributed by atoms with Crippen molar-refractivity contribution >= 4 is 41.2 Å². The molecule has 134 valence electrons. The minimum absolute atomic E-state index is 0.138. The van der Waals surface area contributed by atoms with Crippen LogP contribution in [0.5, 0.6) is 5.75 Å². The highest BCUT2D eigenvalue weighted by molar-refractivity contribution is 6.39. The molecule has 3 rings (SSSR count). The molecular formula is C20H13ClN2O4. The van der Waals surface area contributed by atoms with Gasteiger partial charge >= 0.3 is 6.03 Å². The van der Waals surface area contributed by atoms with E-state index in [0.717, 1.165) is 4.90 Å². The van der Waals surface area contributed by atoms with Gasteiger partial charge in [-0.3, -0.25) is 14.9 Å². The topological polar surface area (TPSA) is 75.7 Å². The van der Waals surface area contributed by atoms with Gasteiger partial charge in [-0.1, -0.05) is 29.7 Å². The molecule has 1 N–H and O–H groups in total. The maximum atomic E-state index is 12.7. The smallest absolute Gasteiger partial charge is 0.335 e. The Bertz CT molecular complexity index is 973. The van der Waals surface area contributed by atoms with E-state index in [9.17, 15) is 14.4 Å². The van der Waals surface area contributed by atoms with Gasteiger partial charge in [0.05, 0.1) is 5.69 Å². The summed E-state index contributed by atoms with van der Waals surface area (Å²) < 4.78 is 5.27. The zero-order valence-corrected chi connectivity index (χ0v) is 14.7. The molecule has 2 aromatic rings. The van der Waals surface area contributed by atoms with Gasteiger partial charge in [-0.15, -0.1) is 6.42 Å². The predicted octanol–water partition coefficient (Wildman–Crippen LogP) is 3.02.